The number of carbonyl (C=O) groups excluding carboxylic acids is 1. The third-order valence-corrected chi connectivity index (χ3v) is 6.37. The monoisotopic (exact) mass is 454 g/mol. The van der Waals surface area contributed by atoms with Crippen molar-refractivity contribution in [2.45, 2.75) is 52.1 Å². The molecule has 1 aliphatic carbocycles. The molecule has 0 unspecified atom stereocenters. The van der Waals surface area contributed by atoms with E-state index in [1.54, 1.807) is 13.0 Å². The number of thiocarbonyl (C=S) groups is 1. The van der Waals surface area contributed by atoms with E-state index in [-0.39, 0.29) is 11.7 Å². The molecule has 0 saturated carbocycles. The van der Waals surface area contributed by atoms with Gasteiger partial charge in [0, 0.05) is 10.6 Å². The lowest BCUT2D eigenvalue weighted by Gasteiger charge is -2.14. The largest absolute Gasteiger partial charge is 0.465 e. The minimum Gasteiger partial charge on any atom is -0.465 e. The van der Waals surface area contributed by atoms with Gasteiger partial charge >= 0.3 is 12.6 Å². The quantitative estimate of drug-likeness (QED) is 0.433. The Kier molecular flexibility index (Phi) is 7.60. The molecule has 0 fully saturated rings. The van der Waals surface area contributed by atoms with Crippen LogP contribution in [0.4, 0.5) is 19.5 Å². The number of rotatable bonds is 5. The van der Waals surface area contributed by atoms with Gasteiger partial charge in [0.25, 0.3) is 0 Å². The second-order valence-corrected chi connectivity index (χ2v) is 8.56. The van der Waals surface area contributed by atoms with Gasteiger partial charge < -0.3 is 20.1 Å². The molecule has 0 atom stereocenters. The zero-order valence-corrected chi connectivity index (χ0v) is 18.5. The SMILES string of the molecule is COC(=O)c1c(NC(=S)Nc2ccc(OC(F)F)cc2C)sc2c1CCCCCC2. The minimum atomic E-state index is -2.87. The van der Waals surface area contributed by atoms with E-state index < -0.39 is 6.61 Å². The summed E-state index contributed by atoms with van der Waals surface area (Å²) in [5.74, 6) is -0.291. The number of aryl methyl sites for hydroxylation is 2. The van der Waals surface area contributed by atoms with Gasteiger partial charge in [0.05, 0.1) is 12.7 Å². The number of alkyl halides is 2. The van der Waals surface area contributed by atoms with Crippen LogP contribution in [0.15, 0.2) is 18.2 Å². The normalized spacial score (nSPS) is 13.8. The Hall–Kier alpha value is -2.26. The van der Waals surface area contributed by atoms with Crippen LogP contribution in [-0.4, -0.2) is 24.8 Å². The molecule has 0 radical (unpaired) electrons. The van der Waals surface area contributed by atoms with Gasteiger partial charge in [-0.3, -0.25) is 0 Å². The number of benzene rings is 1. The highest BCUT2D eigenvalue weighted by molar-refractivity contribution is 7.80. The summed E-state index contributed by atoms with van der Waals surface area (Å²) in [4.78, 5) is 13.7. The highest BCUT2D eigenvalue weighted by atomic mass is 32.1. The number of halogens is 2. The summed E-state index contributed by atoms with van der Waals surface area (Å²) in [5, 5.41) is 7.17. The number of hydrogen-bond acceptors (Lipinski definition) is 5. The molecule has 2 aromatic rings. The molecule has 0 aliphatic heterocycles. The summed E-state index contributed by atoms with van der Waals surface area (Å²) in [6.07, 6.45) is 6.28. The smallest absolute Gasteiger partial charge is 0.387 e. The summed E-state index contributed by atoms with van der Waals surface area (Å²) in [6.45, 7) is -1.11. The zero-order valence-electron chi connectivity index (χ0n) is 16.8. The number of carbonyl (C=O) groups is 1. The van der Waals surface area contributed by atoms with Gasteiger partial charge in [-0.2, -0.15) is 8.78 Å². The number of hydrogen-bond donors (Lipinski definition) is 2. The third kappa shape index (κ3) is 5.46. The van der Waals surface area contributed by atoms with E-state index in [1.165, 1.54) is 41.9 Å². The Balaban J connectivity index is 1.79. The van der Waals surface area contributed by atoms with Gasteiger partial charge in [0.2, 0.25) is 0 Å². The maximum Gasteiger partial charge on any atom is 0.387 e. The lowest BCUT2D eigenvalue weighted by Crippen LogP contribution is -2.20. The molecule has 3 rings (SSSR count). The Morgan fingerprint density at radius 3 is 2.57 bits per heavy atom. The number of esters is 1. The first kappa shape index (κ1) is 22.4. The van der Waals surface area contributed by atoms with Crippen molar-refractivity contribution >= 4 is 45.3 Å². The molecule has 162 valence electrons. The van der Waals surface area contributed by atoms with Gasteiger partial charge in [-0.25, -0.2) is 4.79 Å². The Morgan fingerprint density at radius 2 is 1.90 bits per heavy atom. The fourth-order valence-corrected chi connectivity index (χ4v) is 5.09. The fourth-order valence-electron chi connectivity index (χ4n) is 3.53. The predicted octanol–water partition coefficient (Wildman–Crippen LogP) is 5.91. The van der Waals surface area contributed by atoms with Crippen LogP contribution in [0.5, 0.6) is 5.75 Å². The molecule has 0 amide bonds. The van der Waals surface area contributed by atoms with Gasteiger partial charge in [-0.1, -0.05) is 12.8 Å². The summed E-state index contributed by atoms with van der Waals surface area (Å²) < 4.78 is 34.2. The van der Waals surface area contributed by atoms with Crippen molar-refractivity contribution in [3.05, 3.63) is 39.8 Å². The maximum absolute atomic E-state index is 12.5. The zero-order chi connectivity index (χ0) is 21.7. The average molecular weight is 455 g/mol. The van der Waals surface area contributed by atoms with Crippen LogP contribution in [0.3, 0.4) is 0 Å². The van der Waals surface area contributed by atoms with Gasteiger partial charge in [-0.05, 0) is 74.2 Å². The fraction of sp³-hybridized carbons (Fsp3) is 0.429. The first-order valence-corrected chi connectivity index (χ1v) is 11.0. The van der Waals surface area contributed by atoms with Crippen LogP contribution in [0.25, 0.3) is 0 Å². The van der Waals surface area contributed by atoms with E-state index in [0.717, 1.165) is 37.7 Å². The number of fused-ring (bicyclic) bond motifs is 1. The molecule has 30 heavy (non-hydrogen) atoms. The van der Waals surface area contributed by atoms with E-state index in [4.69, 9.17) is 17.0 Å². The average Bonchev–Trinajstić information content (AvgIpc) is 2.99. The van der Waals surface area contributed by atoms with Crippen molar-refractivity contribution in [3.63, 3.8) is 0 Å². The molecule has 0 saturated heterocycles. The van der Waals surface area contributed by atoms with Gasteiger partial charge in [0.15, 0.2) is 5.11 Å². The van der Waals surface area contributed by atoms with Crippen LogP contribution in [0.2, 0.25) is 0 Å². The summed E-state index contributed by atoms with van der Waals surface area (Å²) in [7, 11) is 1.38. The van der Waals surface area contributed by atoms with Crippen molar-refractivity contribution in [2.24, 2.45) is 0 Å². The van der Waals surface area contributed by atoms with E-state index >= 15 is 0 Å². The van der Waals surface area contributed by atoms with E-state index in [9.17, 15) is 13.6 Å². The lowest BCUT2D eigenvalue weighted by atomic mass is 9.96. The first-order chi connectivity index (χ1) is 14.4. The molecule has 1 aliphatic rings. The van der Waals surface area contributed by atoms with Gasteiger partial charge in [0.1, 0.15) is 10.8 Å². The Bertz CT molecular complexity index is 931. The maximum atomic E-state index is 12.5. The standard InChI is InChI=1S/C21H24F2N2O3S2/c1-12-11-13(28-20(22)23)9-10-15(12)24-21(29)25-18-17(19(26)27-2)14-7-5-3-4-6-8-16(14)30-18/h9-11,20H,3-8H2,1-2H3,(H2,24,25,29). The summed E-state index contributed by atoms with van der Waals surface area (Å²) in [5.41, 5.74) is 2.97. The third-order valence-electron chi connectivity index (χ3n) is 4.96. The number of ether oxygens (including phenoxy) is 2. The molecule has 1 aromatic carbocycles. The van der Waals surface area contributed by atoms with Crippen LogP contribution >= 0.6 is 23.6 Å². The number of anilines is 2. The summed E-state index contributed by atoms with van der Waals surface area (Å²) >= 11 is 6.98. The topological polar surface area (TPSA) is 59.6 Å². The second-order valence-electron chi connectivity index (χ2n) is 7.05. The Labute approximate surface area is 183 Å². The number of nitrogens with one attached hydrogen (secondary N) is 2. The van der Waals surface area contributed by atoms with Crippen molar-refractivity contribution in [1.82, 2.24) is 0 Å². The molecule has 9 heteroatoms. The number of thiophene rings is 1. The van der Waals surface area contributed by atoms with Crippen LogP contribution in [-0.2, 0) is 17.6 Å². The van der Waals surface area contributed by atoms with Crippen molar-refractivity contribution in [1.29, 1.82) is 0 Å². The molecule has 1 aromatic heterocycles. The molecular formula is C21H24F2N2O3S2. The van der Waals surface area contributed by atoms with Gasteiger partial charge in [-0.15, -0.1) is 11.3 Å². The van der Waals surface area contributed by atoms with Crippen molar-refractivity contribution in [3.8, 4) is 5.75 Å². The highest BCUT2D eigenvalue weighted by Crippen LogP contribution is 2.37. The molecular weight excluding hydrogens is 430 g/mol. The highest BCUT2D eigenvalue weighted by Gasteiger charge is 2.25. The van der Waals surface area contributed by atoms with E-state index in [2.05, 4.69) is 15.4 Å². The Morgan fingerprint density at radius 1 is 1.17 bits per heavy atom. The molecule has 5 nitrogen and oxygen atoms in total. The van der Waals surface area contributed by atoms with Crippen molar-refractivity contribution in [2.75, 3.05) is 17.7 Å². The van der Waals surface area contributed by atoms with Crippen LogP contribution in [0, 0.1) is 6.92 Å². The lowest BCUT2D eigenvalue weighted by molar-refractivity contribution is -0.0498. The molecule has 2 N–H and O–H groups in total. The summed E-state index contributed by atoms with van der Waals surface area (Å²) in [6, 6.07) is 4.57. The molecule has 0 bridgehead atoms. The van der Waals surface area contributed by atoms with Crippen LogP contribution < -0.4 is 15.4 Å². The number of methoxy groups -OCH3 is 1. The van der Waals surface area contributed by atoms with E-state index in [0.29, 0.717) is 26.9 Å². The second kappa shape index (κ2) is 10.2. The molecule has 0 spiro atoms. The molecule has 1 heterocycles. The van der Waals surface area contributed by atoms with Crippen molar-refractivity contribution < 1.29 is 23.0 Å². The minimum absolute atomic E-state index is 0.0815. The first-order valence-electron chi connectivity index (χ1n) is 9.75. The van der Waals surface area contributed by atoms with E-state index in [1.807, 2.05) is 0 Å². The van der Waals surface area contributed by atoms with Crippen LogP contribution in [0.1, 0.15) is 52.0 Å². The predicted molar refractivity (Wildman–Crippen MR) is 119 cm³/mol.